The maximum absolute atomic E-state index is 11.9. The first-order valence-corrected chi connectivity index (χ1v) is 6.70. The van der Waals surface area contributed by atoms with E-state index in [1.54, 1.807) is 6.26 Å². The standard InChI is InChI=1S/C12H8N2O5S.ClH/c1-20-4-6(14-3-2-13-5-14)7-8(15)10(17)12(19)11(18)9(7)16;/h2-5,7H,1H3;1H/b6-4+;. The fraction of sp³-hybridized carbons (Fsp3) is 0.167. The molecular formula is C12H9ClN2O5S. The molecule has 110 valence electrons. The number of hydrogen-bond donors (Lipinski definition) is 0. The van der Waals surface area contributed by atoms with Crippen molar-refractivity contribution in [3.8, 4) is 0 Å². The molecule has 0 bridgehead atoms. The number of carbonyl (C=O) groups is 5. The summed E-state index contributed by atoms with van der Waals surface area (Å²) in [6, 6.07) is 0. The van der Waals surface area contributed by atoms with Crippen LogP contribution in [0, 0.1) is 5.92 Å². The van der Waals surface area contributed by atoms with Crippen LogP contribution in [0.3, 0.4) is 0 Å². The van der Waals surface area contributed by atoms with Crippen LogP contribution < -0.4 is 0 Å². The minimum absolute atomic E-state index is 0. The maximum atomic E-state index is 11.9. The lowest BCUT2D eigenvalue weighted by Gasteiger charge is -2.20. The van der Waals surface area contributed by atoms with Gasteiger partial charge in [-0.2, -0.15) is 0 Å². The zero-order valence-electron chi connectivity index (χ0n) is 10.6. The van der Waals surface area contributed by atoms with E-state index in [-0.39, 0.29) is 18.1 Å². The van der Waals surface area contributed by atoms with Gasteiger partial charge in [-0.25, -0.2) is 4.98 Å². The summed E-state index contributed by atoms with van der Waals surface area (Å²) in [6.07, 6.45) is 5.90. The van der Waals surface area contributed by atoms with E-state index in [4.69, 9.17) is 0 Å². The van der Waals surface area contributed by atoms with Crippen LogP contribution in [0.15, 0.2) is 24.1 Å². The van der Waals surface area contributed by atoms with Crippen molar-refractivity contribution >= 4 is 58.8 Å². The van der Waals surface area contributed by atoms with E-state index >= 15 is 0 Å². The molecule has 1 aliphatic carbocycles. The van der Waals surface area contributed by atoms with Crippen LogP contribution >= 0.6 is 24.2 Å². The average molecular weight is 329 g/mol. The molecule has 1 fully saturated rings. The van der Waals surface area contributed by atoms with Crippen LogP contribution in [0.5, 0.6) is 0 Å². The van der Waals surface area contributed by atoms with E-state index in [9.17, 15) is 24.0 Å². The van der Waals surface area contributed by atoms with Gasteiger partial charge in [-0.15, -0.1) is 24.2 Å². The molecule has 21 heavy (non-hydrogen) atoms. The van der Waals surface area contributed by atoms with Gasteiger partial charge < -0.3 is 4.57 Å². The Morgan fingerprint density at radius 3 is 2.14 bits per heavy atom. The molecule has 1 aliphatic rings. The smallest absolute Gasteiger partial charge is 0.280 e. The summed E-state index contributed by atoms with van der Waals surface area (Å²) in [5.74, 6) is -8.43. The van der Waals surface area contributed by atoms with Crippen molar-refractivity contribution in [2.45, 2.75) is 0 Å². The van der Waals surface area contributed by atoms with Gasteiger partial charge in [0.1, 0.15) is 5.92 Å². The normalized spacial score (nSPS) is 17.2. The van der Waals surface area contributed by atoms with Gasteiger partial charge in [0, 0.05) is 18.1 Å². The number of hydrogen-bond acceptors (Lipinski definition) is 7. The molecule has 2 rings (SSSR count). The molecule has 7 nitrogen and oxygen atoms in total. The summed E-state index contributed by atoms with van der Waals surface area (Å²) in [4.78, 5) is 61.6. The molecule has 0 radical (unpaired) electrons. The molecule has 0 saturated heterocycles. The number of thioether (sulfide) groups is 1. The predicted molar refractivity (Wildman–Crippen MR) is 75.8 cm³/mol. The van der Waals surface area contributed by atoms with Gasteiger partial charge in [0.15, 0.2) is 0 Å². The number of allylic oxidation sites excluding steroid dienone is 1. The Bertz CT molecular complexity index is 635. The fourth-order valence-electron chi connectivity index (χ4n) is 1.79. The number of nitrogens with zero attached hydrogens (tertiary/aromatic N) is 2. The van der Waals surface area contributed by atoms with Crippen molar-refractivity contribution in [1.29, 1.82) is 0 Å². The van der Waals surface area contributed by atoms with Gasteiger partial charge in [-0.05, 0) is 11.7 Å². The monoisotopic (exact) mass is 328 g/mol. The van der Waals surface area contributed by atoms with Crippen LogP contribution in [0.1, 0.15) is 0 Å². The Morgan fingerprint density at radius 1 is 1.14 bits per heavy atom. The van der Waals surface area contributed by atoms with Gasteiger partial charge >= 0.3 is 0 Å². The molecule has 0 amide bonds. The molecule has 0 aromatic carbocycles. The minimum Gasteiger partial charge on any atom is -0.308 e. The van der Waals surface area contributed by atoms with Gasteiger partial charge in [0.25, 0.3) is 17.3 Å². The van der Waals surface area contributed by atoms with Crippen LogP contribution in [0.25, 0.3) is 5.70 Å². The molecule has 0 aliphatic heterocycles. The van der Waals surface area contributed by atoms with Crippen LogP contribution in [0.2, 0.25) is 0 Å². The highest BCUT2D eigenvalue weighted by Crippen LogP contribution is 2.25. The molecule has 0 atom stereocenters. The van der Waals surface area contributed by atoms with E-state index < -0.39 is 34.8 Å². The fourth-order valence-corrected chi connectivity index (χ4v) is 2.29. The van der Waals surface area contributed by atoms with Crippen molar-refractivity contribution in [3.63, 3.8) is 0 Å². The first-order chi connectivity index (χ1) is 9.49. The number of ketones is 5. The van der Waals surface area contributed by atoms with E-state index in [1.807, 2.05) is 0 Å². The predicted octanol–water partition coefficient (Wildman–Crippen LogP) is -0.0584. The number of halogens is 1. The molecule has 0 unspecified atom stereocenters. The summed E-state index contributed by atoms with van der Waals surface area (Å²) in [5.41, 5.74) is 0.124. The molecule has 1 heterocycles. The summed E-state index contributed by atoms with van der Waals surface area (Å²) in [7, 11) is 0. The number of rotatable bonds is 3. The molecule has 0 spiro atoms. The highest BCUT2D eigenvalue weighted by molar-refractivity contribution is 8.01. The number of carbonyl (C=O) groups excluding carboxylic acids is 5. The first-order valence-electron chi connectivity index (χ1n) is 5.41. The molecule has 9 heteroatoms. The number of Topliss-reactive ketones (excluding diaryl/α,β-unsaturated/α-hetero) is 5. The highest BCUT2D eigenvalue weighted by atomic mass is 35.5. The van der Waals surface area contributed by atoms with E-state index in [2.05, 4.69) is 4.98 Å². The lowest BCUT2D eigenvalue weighted by atomic mass is 9.82. The SMILES string of the molecule is CS/C=C(\C1C(=O)C(=O)C(=O)C(=O)C1=O)n1ccnc1.Cl. The number of aromatic nitrogens is 2. The van der Waals surface area contributed by atoms with Crippen molar-refractivity contribution in [3.05, 3.63) is 24.1 Å². The van der Waals surface area contributed by atoms with Crippen molar-refractivity contribution < 1.29 is 24.0 Å². The first kappa shape index (κ1) is 17.0. The Labute approximate surface area is 129 Å². The molecule has 1 saturated carbocycles. The number of imidazole rings is 1. The average Bonchev–Trinajstić information content (AvgIpc) is 2.96. The lowest BCUT2D eigenvalue weighted by Crippen LogP contribution is -2.49. The third-order valence-corrected chi connectivity index (χ3v) is 3.20. The van der Waals surface area contributed by atoms with Crippen molar-refractivity contribution in [1.82, 2.24) is 9.55 Å². The van der Waals surface area contributed by atoms with Gasteiger partial charge in [-0.3, -0.25) is 24.0 Å². The molecule has 1 aromatic heterocycles. The van der Waals surface area contributed by atoms with Gasteiger partial charge in [0.2, 0.25) is 11.6 Å². The topological polar surface area (TPSA) is 103 Å². The molecule has 1 aromatic rings. The van der Waals surface area contributed by atoms with Crippen LogP contribution in [-0.2, 0) is 24.0 Å². The van der Waals surface area contributed by atoms with Crippen molar-refractivity contribution in [2.24, 2.45) is 5.92 Å². The van der Waals surface area contributed by atoms with Crippen LogP contribution in [-0.4, -0.2) is 44.7 Å². The Balaban J connectivity index is 0.00000220. The Hall–Kier alpha value is -2.06. The maximum Gasteiger partial charge on any atom is 0.280 e. The van der Waals surface area contributed by atoms with Crippen LogP contribution in [0.4, 0.5) is 0 Å². The van der Waals surface area contributed by atoms with E-state index in [1.165, 1.54) is 40.5 Å². The highest BCUT2D eigenvalue weighted by Gasteiger charge is 2.50. The van der Waals surface area contributed by atoms with E-state index in [0.29, 0.717) is 0 Å². The van der Waals surface area contributed by atoms with E-state index in [0.717, 1.165) is 0 Å². The van der Waals surface area contributed by atoms with Gasteiger partial charge in [0.05, 0.1) is 6.33 Å². The second-order valence-corrected chi connectivity index (χ2v) is 4.60. The largest absolute Gasteiger partial charge is 0.308 e. The summed E-state index contributed by atoms with van der Waals surface area (Å²) < 4.78 is 1.35. The summed E-state index contributed by atoms with van der Waals surface area (Å²) in [6.45, 7) is 0. The minimum atomic E-state index is -1.59. The van der Waals surface area contributed by atoms with Crippen molar-refractivity contribution in [2.75, 3.05) is 6.26 Å². The quantitative estimate of drug-likeness (QED) is 0.565. The second kappa shape index (κ2) is 6.59. The molecular weight excluding hydrogens is 320 g/mol. The van der Waals surface area contributed by atoms with Gasteiger partial charge in [-0.1, -0.05) is 0 Å². The zero-order chi connectivity index (χ0) is 14.9. The Kier molecular flexibility index (Phi) is 5.34. The third-order valence-electron chi connectivity index (χ3n) is 2.72. The zero-order valence-corrected chi connectivity index (χ0v) is 12.3. The Morgan fingerprint density at radius 2 is 1.71 bits per heavy atom. The molecule has 0 N–H and O–H groups in total. The summed E-state index contributed by atoms with van der Waals surface area (Å²) >= 11 is 1.19. The lowest BCUT2D eigenvalue weighted by molar-refractivity contribution is -0.156. The third kappa shape index (κ3) is 2.86. The summed E-state index contributed by atoms with van der Waals surface area (Å²) in [5, 5.41) is 1.46. The second-order valence-electron chi connectivity index (χ2n) is 3.90.